The molecule has 2 aromatic rings. The molecule has 2 unspecified atom stereocenters. The Morgan fingerprint density at radius 1 is 1.10 bits per heavy atom. The highest BCUT2D eigenvalue weighted by atomic mass is 16.5. The lowest BCUT2D eigenvalue weighted by Gasteiger charge is -2.19. The lowest BCUT2D eigenvalue weighted by Crippen LogP contribution is -2.28. The van der Waals surface area contributed by atoms with Gasteiger partial charge in [-0.3, -0.25) is 14.6 Å². The number of hydrogen-bond acceptors (Lipinski definition) is 8. The van der Waals surface area contributed by atoms with Crippen molar-refractivity contribution in [2.45, 2.75) is 37.8 Å². The number of hydrogen-bond donors (Lipinski definition) is 2. The van der Waals surface area contributed by atoms with Crippen LogP contribution >= 0.6 is 0 Å². The average molecular weight is 432 g/mol. The lowest BCUT2D eigenvalue weighted by atomic mass is 9.96. The van der Waals surface area contributed by atoms with Crippen molar-refractivity contribution < 1.29 is 33.7 Å². The first kappa shape index (κ1) is 24.1. The van der Waals surface area contributed by atoms with Gasteiger partial charge in [0.2, 0.25) is 0 Å². The monoisotopic (exact) mass is 432 g/mol. The summed E-state index contributed by atoms with van der Waals surface area (Å²) in [5.74, 6) is -2.30. The van der Waals surface area contributed by atoms with E-state index in [1.807, 2.05) is 30.5 Å². The van der Waals surface area contributed by atoms with Crippen LogP contribution < -0.4 is 0 Å². The summed E-state index contributed by atoms with van der Waals surface area (Å²) in [4.78, 5) is 43.0. The van der Waals surface area contributed by atoms with Crippen LogP contribution in [0.4, 0.5) is 0 Å². The van der Waals surface area contributed by atoms with Crippen molar-refractivity contribution in [2.75, 3.05) is 21.3 Å². The summed E-state index contributed by atoms with van der Waals surface area (Å²) in [6.07, 6.45) is 2.32. The van der Waals surface area contributed by atoms with E-state index in [1.54, 1.807) is 0 Å². The highest BCUT2D eigenvalue weighted by Gasteiger charge is 2.25. The predicted molar refractivity (Wildman–Crippen MR) is 114 cm³/mol. The summed E-state index contributed by atoms with van der Waals surface area (Å²) in [6.45, 7) is 0. The molecule has 1 heterocycles. The van der Waals surface area contributed by atoms with Gasteiger partial charge in [0.15, 0.2) is 6.04 Å². The van der Waals surface area contributed by atoms with Crippen LogP contribution in [0.1, 0.15) is 24.8 Å². The molecule has 0 aliphatic heterocycles. The van der Waals surface area contributed by atoms with Crippen LogP contribution in [0, 0.1) is 5.92 Å². The van der Waals surface area contributed by atoms with Crippen molar-refractivity contribution in [3.05, 3.63) is 36.0 Å². The van der Waals surface area contributed by atoms with E-state index in [-0.39, 0.29) is 25.7 Å². The van der Waals surface area contributed by atoms with Gasteiger partial charge in [0.25, 0.3) is 0 Å². The number of aromatic amines is 1. The van der Waals surface area contributed by atoms with Gasteiger partial charge in [0, 0.05) is 42.1 Å². The standard InChI is InChI=1S/C22H28N2O7/c1-29-20(26)9-8-19(25)15(11-21(27)30-2)13-24-18(22(28)31-3)10-14-12-23-17-7-5-4-6-16(14)17/h4-7,12-13,15,18-19,23,25H,8-11H2,1-3H3/t15?,18-,19?/m0/s1. The SMILES string of the molecule is COC(=O)CCC(O)C(C=N[C@@H](Cc1c[nH]c2ccccc12)C(=O)OC)CC(=O)OC. The van der Waals surface area contributed by atoms with Gasteiger partial charge in [-0.25, -0.2) is 4.79 Å². The van der Waals surface area contributed by atoms with Gasteiger partial charge in [0.05, 0.1) is 33.9 Å². The zero-order chi connectivity index (χ0) is 22.8. The second-order valence-electron chi connectivity index (χ2n) is 7.03. The highest BCUT2D eigenvalue weighted by Crippen LogP contribution is 2.21. The smallest absolute Gasteiger partial charge is 0.330 e. The third-order valence-corrected chi connectivity index (χ3v) is 5.02. The highest BCUT2D eigenvalue weighted by molar-refractivity contribution is 5.85. The topological polar surface area (TPSA) is 127 Å². The molecular formula is C22H28N2O7. The Morgan fingerprint density at radius 3 is 2.48 bits per heavy atom. The van der Waals surface area contributed by atoms with Crippen molar-refractivity contribution in [1.29, 1.82) is 0 Å². The van der Waals surface area contributed by atoms with Crippen LogP contribution in [-0.2, 0) is 35.0 Å². The van der Waals surface area contributed by atoms with E-state index in [9.17, 15) is 19.5 Å². The zero-order valence-corrected chi connectivity index (χ0v) is 17.9. The minimum atomic E-state index is -1.05. The Kier molecular flexibility index (Phi) is 9.20. The average Bonchev–Trinajstić information content (AvgIpc) is 3.20. The Morgan fingerprint density at radius 2 is 1.81 bits per heavy atom. The molecule has 0 bridgehead atoms. The number of benzene rings is 1. The molecule has 3 atom stereocenters. The van der Waals surface area contributed by atoms with Crippen molar-refractivity contribution in [3.8, 4) is 0 Å². The number of aromatic nitrogens is 1. The number of para-hydroxylation sites is 1. The Bertz CT molecular complexity index is 921. The van der Waals surface area contributed by atoms with Crippen LogP contribution in [0.5, 0.6) is 0 Å². The Hall–Kier alpha value is -3.20. The molecule has 9 heteroatoms. The number of rotatable bonds is 11. The molecule has 0 saturated heterocycles. The van der Waals surface area contributed by atoms with E-state index >= 15 is 0 Å². The van der Waals surface area contributed by atoms with Gasteiger partial charge in [-0.2, -0.15) is 0 Å². The maximum atomic E-state index is 12.3. The summed E-state index contributed by atoms with van der Waals surface area (Å²) in [5, 5.41) is 11.4. The Balaban J connectivity index is 2.20. The molecule has 0 amide bonds. The number of aliphatic imine (C=N–C) groups is 1. The molecule has 31 heavy (non-hydrogen) atoms. The number of aliphatic hydroxyl groups is 1. The molecule has 0 saturated carbocycles. The fourth-order valence-electron chi connectivity index (χ4n) is 3.20. The zero-order valence-electron chi connectivity index (χ0n) is 17.9. The van der Waals surface area contributed by atoms with E-state index in [2.05, 4.69) is 19.5 Å². The summed E-state index contributed by atoms with van der Waals surface area (Å²) >= 11 is 0. The van der Waals surface area contributed by atoms with Crippen molar-refractivity contribution in [2.24, 2.45) is 10.9 Å². The predicted octanol–water partition coefficient (Wildman–Crippen LogP) is 1.82. The number of H-pyrrole nitrogens is 1. The first-order valence-corrected chi connectivity index (χ1v) is 9.87. The van der Waals surface area contributed by atoms with E-state index in [0.29, 0.717) is 0 Å². The van der Waals surface area contributed by atoms with Crippen LogP contribution in [0.15, 0.2) is 35.5 Å². The number of nitrogens with one attached hydrogen (secondary N) is 1. The fraction of sp³-hybridized carbons (Fsp3) is 0.455. The van der Waals surface area contributed by atoms with Gasteiger partial charge in [-0.1, -0.05) is 18.2 Å². The van der Waals surface area contributed by atoms with Crippen molar-refractivity contribution in [3.63, 3.8) is 0 Å². The largest absolute Gasteiger partial charge is 0.469 e. The molecule has 2 rings (SSSR count). The second kappa shape index (κ2) is 11.8. The molecule has 0 fully saturated rings. The summed E-state index contributed by atoms with van der Waals surface area (Å²) in [7, 11) is 3.77. The normalized spacial score (nSPS) is 14.2. The number of aliphatic hydroxyl groups excluding tert-OH is 1. The van der Waals surface area contributed by atoms with E-state index in [0.717, 1.165) is 16.5 Å². The third-order valence-electron chi connectivity index (χ3n) is 5.02. The number of nitrogens with zero attached hydrogens (tertiary/aromatic N) is 1. The van der Waals surface area contributed by atoms with Crippen molar-refractivity contribution >= 4 is 35.0 Å². The number of fused-ring (bicyclic) bond motifs is 1. The van der Waals surface area contributed by atoms with Gasteiger partial charge in [-0.05, 0) is 18.1 Å². The molecular weight excluding hydrogens is 404 g/mol. The number of esters is 3. The quantitative estimate of drug-likeness (QED) is 0.315. The summed E-state index contributed by atoms with van der Waals surface area (Å²) in [6, 6.07) is 6.82. The maximum Gasteiger partial charge on any atom is 0.330 e. The first-order valence-electron chi connectivity index (χ1n) is 9.87. The van der Waals surface area contributed by atoms with Crippen molar-refractivity contribution in [1.82, 2.24) is 4.98 Å². The molecule has 1 aromatic heterocycles. The number of carbonyl (C=O) groups excluding carboxylic acids is 3. The molecule has 0 spiro atoms. The molecule has 2 N–H and O–H groups in total. The third kappa shape index (κ3) is 6.92. The Labute approximate surface area is 180 Å². The molecule has 9 nitrogen and oxygen atoms in total. The second-order valence-corrected chi connectivity index (χ2v) is 7.03. The van der Waals surface area contributed by atoms with Crippen LogP contribution in [-0.4, -0.2) is 67.7 Å². The summed E-state index contributed by atoms with van der Waals surface area (Å²) in [5.41, 5.74) is 1.82. The van der Waals surface area contributed by atoms with Gasteiger partial charge in [-0.15, -0.1) is 0 Å². The molecule has 0 radical (unpaired) electrons. The van der Waals surface area contributed by atoms with Gasteiger partial charge >= 0.3 is 17.9 Å². The van der Waals surface area contributed by atoms with Crippen LogP contribution in [0.3, 0.4) is 0 Å². The van der Waals surface area contributed by atoms with E-state index in [4.69, 9.17) is 4.74 Å². The van der Waals surface area contributed by atoms with Crippen LogP contribution in [0.25, 0.3) is 10.9 Å². The molecule has 1 aromatic carbocycles. The van der Waals surface area contributed by atoms with Gasteiger partial charge < -0.3 is 24.3 Å². The van der Waals surface area contributed by atoms with Gasteiger partial charge in [0.1, 0.15) is 0 Å². The molecule has 168 valence electrons. The minimum Gasteiger partial charge on any atom is -0.469 e. The van der Waals surface area contributed by atoms with Crippen LogP contribution in [0.2, 0.25) is 0 Å². The maximum absolute atomic E-state index is 12.3. The van der Waals surface area contributed by atoms with E-state index in [1.165, 1.54) is 27.5 Å². The summed E-state index contributed by atoms with van der Waals surface area (Å²) < 4.78 is 14.2. The number of methoxy groups -OCH3 is 3. The number of carbonyl (C=O) groups is 3. The molecule has 0 aliphatic rings. The fourth-order valence-corrected chi connectivity index (χ4v) is 3.20. The number of ether oxygens (including phenoxy) is 3. The first-order chi connectivity index (χ1) is 14.9. The minimum absolute atomic E-state index is 0.0149. The lowest BCUT2D eigenvalue weighted by molar-refractivity contribution is -0.143. The molecule has 0 aliphatic carbocycles. The van der Waals surface area contributed by atoms with E-state index < -0.39 is 36.0 Å².